The standard InChI is InChI=1S/C18H26N2O2/c1-19-11-6-10-17(19)14-20(12-7-13-22-2)15-18(21)16-8-4-3-5-9-16/h3-6,8-11,18,21H,7,12-15H2,1-2H3. The van der Waals surface area contributed by atoms with E-state index in [1.165, 1.54) is 5.69 Å². The lowest BCUT2D eigenvalue weighted by atomic mass is 10.1. The predicted octanol–water partition coefficient (Wildman–Crippen LogP) is 2.60. The summed E-state index contributed by atoms with van der Waals surface area (Å²) in [6, 6.07) is 14.0. The molecule has 0 radical (unpaired) electrons. The number of nitrogens with zero attached hydrogens (tertiary/aromatic N) is 2. The van der Waals surface area contributed by atoms with Crippen molar-refractivity contribution in [2.24, 2.45) is 7.05 Å². The molecule has 1 heterocycles. The lowest BCUT2D eigenvalue weighted by Crippen LogP contribution is -2.30. The normalized spacial score (nSPS) is 12.7. The smallest absolute Gasteiger partial charge is 0.0917 e. The zero-order valence-electron chi connectivity index (χ0n) is 13.5. The Hall–Kier alpha value is -1.62. The highest BCUT2D eigenvalue weighted by Crippen LogP contribution is 2.16. The first-order valence-corrected chi connectivity index (χ1v) is 7.75. The van der Waals surface area contributed by atoms with Crippen LogP contribution in [0.15, 0.2) is 48.7 Å². The highest BCUT2D eigenvalue weighted by Gasteiger charge is 2.14. The summed E-state index contributed by atoms with van der Waals surface area (Å²) in [6.07, 6.45) is 2.54. The van der Waals surface area contributed by atoms with Gasteiger partial charge < -0.3 is 14.4 Å². The Morgan fingerprint density at radius 3 is 2.59 bits per heavy atom. The first kappa shape index (κ1) is 16.7. The van der Waals surface area contributed by atoms with Gasteiger partial charge >= 0.3 is 0 Å². The second-order valence-corrected chi connectivity index (χ2v) is 5.62. The van der Waals surface area contributed by atoms with Crippen molar-refractivity contribution in [2.45, 2.75) is 19.1 Å². The molecule has 22 heavy (non-hydrogen) atoms. The van der Waals surface area contributed by atoms with E-state index in [0.29, 0.717) is 6.54 Å². The molecule has 1 aromatic carbocycles. The minimum absolute atomic E-state index is 0.469. The molecule has 1 unspecified atom stereocenters. The van der Waals surface area contributed by atoms with Gasteiger partial charge in [0.1, 0.15) is 0 Å². The third kappa shape index (κ3) is 4.98. The van der Waals surface area contributed by atoms with Crippen LogP contribution in [0.1, 0.15) is 23.8 Å². The summed E-state index contributed by atoms with van der Waals surface area (Å²) in [5.41, 5.74) is 2.21. The Kier molecular flexibility index (Phi) is 6.65. The zero-order valence-corrected chi connectivity index (χ0v) is 13.5. The third-order valence-corrected chi connectivity index (χ3v) is 3.88. The number of aryl methyl sites for hydroxylation is 1. The molecule has 2 aromatic rings. The Morgan fingerprint density at radius 1 is 1.18 bits per heavy atom. The van der Waals surface area contributed by atoms with Crippen LogP contribution in [-0.4, -0.2) is 41.4 Å². The molecular weight excluding hydrogens is 276 g/mol. The summed E-state index contributed by atoms with van der Waals surface area (Å²) < 4.78 is 7.27. The van der Waals surface area contributed by atoms with Crippen LogP contribution in [0.3, 0.4) is 0 Å². The maximum absolute atomic E-state index is 10.5. The summed E-state index contributed by atoms with van der Waals surface area (Å²) in [6.45, 7) is 3.10. The topological polar surface area (TPSA) is 37.6 Å². The largest absolute Gasteiger partial charge is 0.387 e. The predicted molar refractivity (Wildman–Crippen MR) is 88.6 cm³/mol. The van der Waals surface area contributed by atoms with Gasteiger partial charge in [0, 0.05) is 52.3 Å². The van der Waals surface area contributed by atoms with Crippen molar-refractivity contribution in [3.05, 3.63) is 59.9 Å². The molecule has 1 N–H and O–H groups in total. The van der Waals surface area contributed by atoms with Gasteiger partial charge in [-0.15, -0.1) is 0 Å². The van der Waals surface area contributed by atoms with Crippen LogP contribution in [0.4, 0.5) is 0 Å². The first-order chi connectivity index (χ1) is 10.7. The Balaban J connectivity index is 1.99. The number of rotatable bonds is 9. The molecule has 0 spiro atoms. The molecule has 0 fully saturated rings. The molecule has 0 aliphatic carbocycles. The van der Waals surface area contributed by atoms with Crippen LogP contribution in [0.25, 0.3) is 0 Å². The number of benzene rings is 1. The fourth-order valence-electron chi connectivity index (χ4n) is 2.58. The third-order valence-electron chi connectivity index (χ3n) is 3.88. The Morgan fingerprint density at radius 2 is 1.95 bits per heavy atom. The summed E-state index contributed by atoms with van der Waals surface area (Å²) in [5, 5.41) is 10.5. The van der Waals surface area contributed by atoms with Gasteiger partial charge in [-0.3, -0.25) is 4.90 Å². The van der Waals surface area contributed by atoms with Gasteiger partial charge in [0.15, 0.2) is 0 Å². The van der Waals surface area contributed by atoms with E-state index in [9.17, 15) is 5.11 Å². The summed E-state index contributed by atoms with van der Waals surface area (Å²) >= 11 is 0. The second kappa shape index (κ2) is 8.73. The minimum Gasteiger partial charge on any atom is -0.387 e. The lowest BCUT2D eigenvalue weighted by Gasteiger charge is -2.25. The van der Waals surface area contributed by atoms with Gasteiger partial charge in [-0.05, 0) is 24.1 Å². The summed E-state index contributed by atoms with van der Waals surface area (Å²) in [7, 11) is 3.77. The van der Waals surface area contributed by atoms with Crippen LogP contribution in [-0.2, 0) is 18.3 Å². The molecule has 0 aliphatic heterocycles. The van der Waals surface area contributed by atoms with E-state index in [4.69, 9.17) is 4.74 Å². The van der Waals surface area contributed by atoms with E-state index in [-0.39, 0.29) is 0 Å². The highest BCUT2D eigenvalue weighted by atomic mass is 16.5. The number of aromatic nitrogens is 1. The van der Waals surface area contributed by atoms with Crippen LogP contribution < -0.4 is 0 Å². The second-order valence-electron chi connectivity index (χ2n) is 5.62. The average Bonchev–Trinajstić information content (AvgIpc) is 2.93. The van der Waals surface area contributed by atoms with Crippen LogP contribution in [0.2, 0.25) is 0 Å². The molecule has 4 heteroatoms. The SMILES string of the molecule is COCCCN(Cc1cccn1C)CC(O)c1ccccc1. The maximum atomic E-state index is 10.5. The van der Waals surface area contributed by atoms with E-state index < -0.39 is 6.10 Å². The van der Waals surface area contributed by atoms with E-state index in [0.717, 1.165) is 31.7 Å². The van der Waals surface area contributed by atoms with Gasteiger partial charge in [-0.2, -0.15) is 0 Å². The molecule has 0 amide bonds. The Bertz CT molecular complexity index is 539. The number of aliphatic hydroxyl groups is 1. The number of aliphatic hydroxyl groups excluding tert-OH is 1. The summed E-state index contributed by atoms with van der Waals surface area (Å²) in [5.74, 6) is 0. The highest BCUT2D eigenvalue weighted by molar-refractivity contribution is 5.17. The number of hydrogen-bond acceptors (Lipinski definition) is 3. The van der Waals surface area contributed by atoms with Crippen molar-refractivity contribution >= 4 is 0 Å². The molecule has 1 atom stereocenters. The molecule has 0 saturated heterocycles. The van der Waals surface area contributed by atoms with Crippen molar-refractivity contribution in [1.29, 1.82) is 0 Å². The molecule has 0 saturated carbocycles. The van der Waals surface area contributed by atoms with E-state index >= 15 is 0 Å². The molecule has 120 valence electrons. The van der Waals surface area contributed by atoms with E-state index in [1.54, 1.807) is 7.11 Å². The van der Waals surface area contributed by atoms with Gasteiger partial charge in [-0.25, -0.2) is 0 Å². The van der Waals surface area contributed by atoms with Gasteiger partial charge in [0.05, 0.1) is 6.10 Å². The number of methoxy groups -OCH3 is 1. The molecule has 0 aliphatic rings. The van der Waals surface area contributed by atoms with Crippen molar-refractivity contribution < 1.29 is 9.84 Å². The molecule has 0 bridgehead atoms. The van der Waals surface area contributed by atoms with Crippen molar-refractivity contribution in [3.63, 3.8) is 0 Å². The summed E-state index contributed by atoms with van der Waals surface area (Å²) in [4.78, 5) is 2.28. The maximum Gasteiger partial charge on any atom is 0.0917 e. The van der Waals surface area contributed by atoms with Crippen LogP contribution >= 0.6 is 0 Å². The number of hydrogen-bond donors (Lipinski definition) is 1. The number of ether oxygens (including phenoxy) is 1. The molecule has 2 rings (SSSR count). The molecule has 1 aromatic heterocycles. The van der Waals surface area contributed by atoms with Gasteiger partial charge in [0.25, 0.3) is 0 Å². The fraction of sp³-hybridized carbons (Fsp3) is 0.444. The quantitative estimate of drug-likeness (QED) is 0.724. The van der Waals surface area contributed by atoms with Crippen molar-refractivity contribution in [3.8, 4) is 0 Å². The minimum atomic E-state index is -0.469. The fourth-order valence-corrected chi connectivity index (χ4v) is 2.58. The van der Waals surface area contributed by atoms with Gasteiger partial charge in [-0.1, -0.05) is 30.3 Å². The monoisotopic (exact) mass is 302 g/mol. The van der Waals surface area contributed by atoms with E-state index in [2.05, 4.69) is 34.8 Å². The lowest BCUT2D eigenvalue weighted by molar-refractivity contribution is 0.0984. The van der Waals surface area contributed by atoms with Gasteiger partial charge in [0.2, 0.25) is 0 Å². The van der Waals surface area contributed by atoms with Crippen LogP contribution in [0, 0.1) is 0 Å². The zero-order chi connectivity index (χ0) is 15.8. The van der Waals surface area contributed by atoms with E-state index in [1.807, 2.05) is 30.3 Å². The van der Waals surface area contributed by atoms with Crippen LogP contribution in [0.5, 0.6) is 0 Å². The molecular formula is C18H26N2O2. The van der Waals surface area contributed by atoms with Crippen molar-refractivity contribution in [1.82, 2.24) is 9.47 Å². The average molecular weight is 302 g/mol. The first-order valence-electron chi connectivity index (χ1n) is 7.75. The molecule has 4 nitrogen and oxygen atoms in total. The Labute approximate surface area is 132 Å². The van der Waals surface area contributed by atoms with Crippen molar-refractivity contribution in [2.75, 3.05) is 26.8 Å².